The molecule has 0 saturated carbocycles. The maximum Gasteiger partial charge on any atom is 0.331 e. The first-order chi connectivity index (χ1) is 12.5. The topological polar surface area (TPSA) is 18.5 Å². The molecule has 0 aromatic rings. The molecule has 0 spiro atoms. The lowest BCUT2D eigenvalue weighted by atomic mass is 10.1. The van der Waals surface area contributed by atoms with Crippen molar-refractivity contribution in [2.75, 3.05) is 6.61 Å². The van der Waals surface area contributed by atoms with Gasteiger partial charge in [0.2, 0.25) is 0 Å². The largest absolute Gasteiger partial charge is 0.395 e. The predicted molar refractivity (Wildman–Crippen MR) is 119 cm³/mol. The Morgan fingerprint density at radius 2 is 1.04 bits per heavy atom. The van der Waals surface area contributed by atoms with E-state index in [2.05, 4.69) is 33.9 Å². The molecule has 0 saturated heterocycles. The van der Waals surface area contributed by atoms with Gasteiger partial charge in [0.15, 0.2) is 0 Å². The van der Waals surface area contributed by atoms with Gasteiger partial charge < -0.3 is 8.85 Å². The van der Waals surface area contributed by atoms with Crippen LogP contribution >= 0.6 is 0 Å². The molecule has 0 aliphatic rings. The number of unbranched alkanes of at least 4 members (excludes halogenated alkanes) is 13. The first-order valence-corrected chi connectivity index (χ1v) is 14.6. The Hall–Kier alpha value is 0.137. The Morgan fingerprint density at radius 1 is 0.615 bits per heavy atom. The Balaban J connectivity index is 3.50. The van der Waals surface area contributed by atoms with Crippen LogP contribution in [0.2, 0.25) is 13.1 Å². The van der Waals surface area contributed by atoms with Gasteiger partial charge in [-0.25, -0.2) is 0 Å². The number of rotatable bonds is 20. The summed E-state index contributed by atoms with van der Waals surface area (Å²) >= 11 is 0. The molecule has 158 valence electrons. The van der Waals surface area contributed by atoms with Crippen molar-refractivity contribution in [3.63, 3.8) is 0 Å². The van der Waals surface area contributed by atoms with Crippen LogP contribution in [0.4, 0.5) is 0 Å². The van der Waals surface area contributed by atoms with Crippen LogP contribution in [0.1, 0.15) is 124 Å². The summed E-state index contributed by atoms with van der Waals surface area (Å²) in [4.78, 5) is 0. The lowest BCUT2D eigenvalue weighted by Crippen LogP contribution is -2.38. The van der Waals surface area contributed by atoms with Crippen molar-refractivity contribution in [3.05, 3.63) is 0 Å². The fourth-order valence-electron chi connectivity index (χ4n) is 3.52. The van der Waals surface area contributed by atoms with E-state index in [1.165, 1.54) is 103 Å². The summed E-state index contributed by atoms with van der Waals surface area (Å²) in [5.74, 6) is 0. The van der Waals surface area contributed by atoms with Gasteiger partial charge in [-0.2, -0.15) is 0 Å². The summed E-state index contributed by atoms with van der Waals surface area (Å²) in [6.07, 6.45) is 22.0. The molecule has 0 aliphatic carbocycles. The first-order valence-electron chi connectivity index (χ1n) is 11.8. The maximum atomic E-state index is 6.26. The van der Waals surface area contributed by atoms with Crippen LogP contribution in [0.5, 0.6) is 0 Å². The fourth-order valence-corrected chi connectivity index (χ4v) is 5.31. The lowest BCUT2D eigenvalue weighted by molar-refractivity contribution is 0.122. The van der Waals surface area contributed by atoms with E-state index in [0.29, 0.717) is 6.10 Å². The average Bonchev–Trinajstić information content (AvgIpc) is 2.59. The van der Waals surface area contributed by atoms with Gasteiger partial charge in [-0.15, -0.1) is 0 Å². The van der Waals surface area contributed by atoms with Gasteiger partial charge in [0.1, 0.15) is 0 Å². The second-order valence-electron chi connectivity index (χ2n) is 8.56. The zero-order valence-corrected chi connectivity index (χ0v) is 19.9. The molecule has 0 N–H and O–H groups in total. The van der Waals surface area contributed by atoms with Crippen molar-refractivity contribution in [1.29, 1.82) is 0 Å². The molecule has 0 heterocycles. The van der Waals surface area contributed by atoms with Crippen molar-refractivity contribution in [3.8, 4) is 0 Å². The first kappa shape index (κ1) is 26.1. The Labute approximate surface area is 167 Å². The van der Waals surface area contributed by atoms with Crippen molar-refractivity contribution in [2.24, 2.45) is 0 Å². The highest BCUT2D eigenvalue weighted by atomic mass is 28.4. The van der Waals surface area contributed by atoms with Gasteiger partial charge in [0, 0.05) is 12.7 Å². The summed E-state index contributed by atoms with van der Waals surface area (Å²) in [5, 5.41) is 0. The Morgan fingerprint density at radius 3 is 1.54 bits per heavy atom. The van der Waals surface area contributed by atoms with Crippen LogP contribution in [-0.2, 0) is 8.85 Å². The van der Waals surface area contributed by atoms with Crippen LogP contribution in [0, 0.1) is 0 Å². The second kappa shape index (κ2) is 18.5. The number of hydrogen-bond acceptors (Lipinski definition) is 2. The molecular formula is C23H50O2Si. The van der Waals surface area contributed by atoms with Crippen LogP contribution in [0.3, 0.4) is 0 Å². The van der Waals surface area contributed by atoms with E-state index in [0.717, 1.165) is 6.61 Å². The van der Waals surface area contributed by atoms with E-state index in [-0.39, 0.29) is 0 Å². The number of hydrogen-bond donors (Lipinski definition) is 0. The van der Waals surface area contributed by atoms with E-state index < -0.39 is 8.56 Å². The second-order valence-corrected chi connectivity index (χ2v) is 11.9. The van der Waals surface area contributed by atoms with Crippen molar-refractivity contribution >= 4 is 8.56 Å². The van der Waals surface area contributed by atoms with E-state index in [9.17, 15) is 0 Å². The molecule has 0 amide bonds. The summed E-state index contributed by atoms with van der Waals surface area (Å²) in [6, 6.07) is 0. The monoisotopic (exact) mass is 386 g/mol. The lowest BCUT2D eigenvalue weighted by Gasteiger charge is -2.27. The highest BCUT2D eigenvalue weighted by Crippen LogP contribution is 2.16. The van der Waals surface area contributed by atoms with E-state index in [4.69, 9.17) is 8.85 Å². The molecule has 0 bridgehead atoms. The summed E-state index contributed by atoms with van der Waals surface area (Å²) in [7, 11) is -1.94. The molecule has 3 heteroatoms. The minimum absolute atomic E-state index is 0.353. The predicted octanol–water partition coefficient (Wildman–Crippen LogP) is 8.39. The third-order valence-electron chi connectivity index (χ3n) is 5.15. The van der Waals surface area contributed by atoms with Crippen LogP contribution in [-0.4, -0.2) is 21.3 Å². The van der Waals surface area contributed by atoms with Crippen LogP contribution in [0.25, 0.3) is 0 Å². The standard InChI is InChI=1S/C23H50O2Si/c1-6-8-10-12-14-15-16-18-20-22-24-26(4,5)25-23(3)21-19-17-13-11-9-7-2/h23H,6-22H2,1-5H3. The smallest absolute Gasteiger partial charge is 0.331 e. The molecule has 1 unspecified atom stereocenters. The minimum Gasteiger partial charge on any atom is -0.395 e. The van der Waals surface area contributed by atoms with Crippen molar-refractivity contribution < 1.29 is 8.85 Å². The third kappa shape index (κ3) is 18.9. The molecule has 0 aliphatic heterocycles. The van der Waals surface area contributed by atoms with Crippen LogP contribution in [0.15, 0.2) is 0 Å². The van der Waals surface area contributed by atoms with E-state index >= 15 is 0 Å². The molecule has 0 fully saturated rings. The van der Waals surface area contributed by atoms with Gasteiger partial charge >= 0.3 is 8.56 Å². The highest BCUT2D eigenvalue weighted by Gasteiger charge is 2.26. The fraction of sp³-hybridized carbons (Fsp3) is 1.00. The van der Waals surface area contributed by atoms with Gasteiger partial charge in [-0.05, 0) is 32.9 Å². The molecule has 0 aromatic carbocycles. The van der Waals surface area contributed by atoms with Crippen molar-refractivity contribution in [2.45, 2.75) is 143 Å². The zero-order valence-electron chi connectivity index (χ0n) is 18.9. The molecule has 0 aromatic heterocycles. The summed E-state index contributed by atoms with van der Waals surface area (Å²) < 4.78 is 12.4. The molecule has 1 atom stereocenters. The Kier molecular flexibility index (Phi) is 18.6. The van der Waals surface area contributed by atoms with Gasteiger partial charge in [-0.3, -0.25) is 0 Å². The molecule has 0 rings (SSSR count). The zero-order chi connectivity index (χ0) is 19.5. The summed E-state index contributed by atoms with van der Waals surface area (Å²) in [6.45, 7) is 12.1. The van der Waals surface area contributed by atoms with E-state index in [1.54, 1.807) is 0 Å². The van der Waals surface area contributed by atoms with E-state index in [1.807, 2.05) is 0 Å². The molecule has 0 radical (unpaired) electrons. The normalized spacial score (nSPS) is 13.3. The third-order valence-corrected chi connectivity index (χ3v) is 7.02. The van der Waals surface area contributed by atoms with Crippen LogP contribution < -0.4 is 0 Å². The quantitative estimate of drug-likeness (QED) is 0.154. The summed E-state index contributed by atoms with van der Waals surface area (Å²) in [5.41, 5.74) is 0. The maximum absolute atomic E-state index is 6.26. The highest BCUT2D eigenvalue weighted by molar-refractivity contribution is 6.64. The molecular weight excluding hydrogens is 336 g/mol. The van der Waals surface area contributed by atoms with Gasteiger partial charge in [0.05, 0.1) is 0 Å². The minimum atomic E-state index is -1.94. The van der Waals surface area contributed by atoms with Crippen molar-refractivity contribution in [1.82, 2.24) is 0 Å². The SMILES string of the molecule is CCCCCCCCCCCO[Si](C)(C)OC(C)CCCCCCCC. The molecule has 26 heavy (non-hydrogen) atoms. The Bertz CT molecular complexity index is 281. The molecule has 2 nitrogen and oxygen atoms in total. The average molecular weight is 387 g/mol. The van der Waals surface area contributed by atoms with Gasteiger partial charge in [0.25, 0.3) is 0 Å². The van der Waals surface area contributed by atoms with Gasteiger partial charge in [-0.1, -0.05) is 104 Å².